The second-order valence-corrected chi connectivity index (χ2v) is 3.24. The van der Waals surface area contributed by atoms with Crippen LogP contribution in [0.15, 0.2) is 23.8 Å². The lowest BCUT2D eigenvalue weighted by molar-refractivity contribution is 0.338. The second-order valence-electron chi connectivity index (χ2n) is 3.24. The van der Waals surface area contributed by atoms with Gasteiger partial charge in [-0.1, -0.05) is 6.07 Å². The minimum absolute atomic E-state index is 0.101. The van der Waals surface area contributed by atoms with Crippen molar-refractivity contribution in [2.24, 2.45) is 0 Å². The highest BCUT2D eigenvalue weighted by Crippen LogP contribution is 2.20. The fraction of sp³-hybridized carbons (Fsp3) is 0.231. The number of aryl methyl sites for hydroxylation is 1. The SMILES string of the molecule is CCOc1ccc(C=C(C#N)C#N)cc1C. The molecule has 1 aromatic carbocycles. The number of nitriles is 2. The lowest BCUT2D eigenvalue weighted by atomic mass is 10.1. The van der Waals surface area contributed by atoms with Gasteiger partial charge in [-0.3, -0.25) is 0 Å². The van der Waals surface area contributed by atoms with Crippen LogP contribution >= 0.6 is 0 Å². The Morgan fingerprint density at radius 1 is 1.38 bits per heavy atom. The van der Waals surface area contributed by atoms with Crippen LogP contribution in [0.4, 0.5) is 0 Å². The van der Waals surface area contributed by atoms with Gasteiger partial charge in [-0.25, -0.2) is 0 Å². The number of hydrogen-bond donors (Lipinski definition) is 0. The molecule has 0 N–H and O–H groups in total. The van der Waals surface area contributed by atoms with Crippen molar-refractivity contribution in [2.75, 3.05) is 6.61 Å². The van der Waals surface area contributed by atoms with E-state index in [4.69, 9.17) is 15.3 Å². The maximum Gasteiger partial charge on any atom is 0.130 e. The quantitative estimate of drug-likeness (QED) is 0.724. The van der Waals surface area contributed by atoms with Crippen molar-refractivity contribution in [1.82, 2.24) is 0 Å². The lowest BCUT2D eigenvalue weighted by Gasteiger charge is -2.07. The molecular weight excluding hydrogens is 200 g/mol. The van der Waals surface area contributed by atoms with Crippen LogP contribution in [0.2, 0.25) is 0 Å². The summed E-state index contributed by atoms with van der Waals surface area (Å²) < 4.78 is 5.40. The van der Waals surface area contributed by atoms with Gasteiger partial charge in [-0.2, -0.15) is 10.5 Å². The highest BCUT2D eigenvalue weighted by Gasteiger charge is 2.00. The molecule has 1 rings (SSSR count). The fourth-order valence-electron chi connectivity index (χ4n) is 1.34. The normalized spacial score (nSPS) is 8.75. The molecule has 0 radical (unpaired) electrons. The van der Waals surface area contributed by atoms with Crippen LogP contribution in [0, 0.1) is 29.6 Å². The van der Waals surface area contributed by atoms with Crippen molar-refractivity contribution in [3.05, 3.63) is 34.9 Å². The molecule has 0 aliphatic heterocycles. The number of ether oxygens (including phenoxy) is 1. The molecule has 0 saturated heterocycles. The van der Waals surface area contributed by atoms with Crippen LogP contribution in [0.1, 0.15) is 18.1 Å². The Labute approximate surface area is 95.2 Å². The van der Waals surface area contributed by atoms with E-state index in [1.165, 1.54) is 0 Å². The van der Waals surface area contributed by atoms with E-state index < -0.39 is 0 Å². The van der Waals surface area contributed by atoms with E-state index in [1.54, 1.807) is 6.08 Å². The third-order valence-corrected chi connectivity index (χ3v) is 2.05. The first-order valence-corrected chi connectivity index (χ1v) is 4.96. The molecular formula is C13H12N2O. The zero-order chi connectivity index (χ0) is 12.0. The molecule has 0 aliphatic carbocycles. The summed E-state index contributed by atoms with van der Waals surface area (Å²) in [4.78, 5) is 0. The van der Waals surface area contributed by atoms with Gasteiger partial charge >= 0.3 is 0 Å². The first-order chi connectivity index (χ1) is 7.71. The van der Waals surface area contributed by atoms with Crippen LogP contribution in [0.25, 0.3) is 6.08 Å². The van der Waals surface area contributed by atoms with Crippen molar-refractivity contribution in [3.63, 3.8) is 0 Å². The zero-order valence-electron chi connectivity index (χ0n) is 9.32. The Bertz CT molecular complexity index is 474. The minimum Gasteiger partial charge on any atom is -0.494 e. The molecule has 0 bridgehead atoms. The molecule has 0 unspecified atom stereocenters. The Kier molecular flexibility index (Phi) is 4.12. The molecule has 80 valence electrons. The van der Waals surface area contributed by atoms with Crippen molar-refractivity contribution in [1.29, 1.82) is 10.5 Å². The average Bonchev–Trinajstić information content (AvgIpc) is 2.29. The molecule has 0 aromatic heterocycles. The first-order valence-electron chi connectivity index (χ1n) is 4.96. The molecule has 0 fully saturated rings. The molecule has 3 nitrogen and oxygen atoms in total. The van der Waals surface area contributed by atoms with Gasteiger partial charge in [0.15, 0.2) is 0 Å². The minimum atomic E-state index is 0.101. The van der Waals surface area contributed by atoms with Crippen molar-refractivity contribution < 1.29 is 4.74 Å². The van der Waals surface area contributed by atoms with E-state index in [2.05, 4.69) is 0 Å². The van der Waals surface area contributed by atoms with Crippen molar-refractivity contribution in [3.8, 4) is 17.9 Å². The van der Waals surface area contributed by atoms with E-state index in [-0.39, 0.29) is 5.57 Å². The summed E-state index contributed by atoms with van der Waals surface area (Å²) in [6.07, 6.45) is 1.56. The number of rotatable bonds is 3. The third-order valence-electron chi connectivity index (χ3n) is 2.05. The van der Waals surface area contributed by atoms with Crippen molar-refractivity contribution in [2.45, 2.75) is 13.8 Å². The summed E-state index contributed by atoms with van der Waals surface area (Å²) in [6, 6.07) is 9.22. The van der Waals surface area contributed by atoms with E-state index >= 15 is 0 Å². The van der Waals surface area contributed by atoms with Gasteiger partial charge in [0.25, 0.3) is 0 Å². The monoisotopic (exact) mass is 212 g/mol. The fourth-order valence-corrected chi connectivity index (χ4v) is 1.34. The summed E-state index contributed by atoms with van der Waals surface area (Å²) in [5.74, 6) is 0.829. The molecule has 0 heterocycles. The summed E-state index contributed by atoms with van der Waals surface area (Å²) in [5, 5.41) is 17.3. The summed E-state index contributed by atoms with van der Waals surface area (Å²) in [6.45, 7) is 4.48. The molecule has 0 saturated carbocycles. The van der Waals surface area contributed by atoms with E-state index in [9.17, 15) is 0 Å². The van der Waals surface area contributed by atoms with Gasteiger partial charge in [0.2, 0.25) is 0 Å². The summed E-state index contributed by atoms with van der Waals surface area (Å²) in [5.41, 5.74) is 1.92. The van der Waals surface area contributed by atoms with Crippen LogP contribution in [-0.4, -0.2) is 6.61 Å². The van der Waals surface area contributed by atoms with Crippen LogP contribution in [0.3, 0.4) is 0 Å². The Hall–Kier alpha value is -2.26. The molecule has 1 aromatic rings. The molecule has 3 heteroatoms. The van der Waals surface area contributed by atoms with Gasteiger partial charge < -0.3 is 4.74 Å². The number of benzene rings is 1. The highest BCUT2D eigenvalue weighted by molar-refractivity contribution is 5.63. The van der Waals surface area contributed by atoms with Crippen LogP contribution < -0.4 is 4.74 Å². The lowest BCUT2D eigenvalue weighted by Crippen LogP contribution is -1.93. The Morgan fingerprint density at radius 3 is 2.56 bits per heavy atom. The van der Waals surface area contributed by atoms with Crippen LogP contribution in [0.5, 0.6) is 5.75 Å². The van der Waals surface area contributed by atoms with Gasteiger partial charge in [0, 0.05) is 0 Å². The number of nitrogens with zero attached hydrogens (tertiary/aromatic N) is 2. The predicted octanol–water partition coefficient (Wildman–Crippen LogP) is 2.82. The molecule has 0 spiro atoms. The predicted molar refractivity (Wildman–Crippen MR) is 61.6 cm³/mol. The van der Waals surface area contributed by atoms with Gasteiger partial charge in [-0.05, 0) is 43.2 Å². The Morgan fingerprint density at radius 2 is 2.06 bits per heavy atom. The number of hydrogen-bond acceptors (Lipinski definition) is 3. The maximum absolute atomic E-state index is 8.63. The maximum atomic E-state index is 8.63. The van der Waals surface area contributed by atoms with E-state index in [0.29, 0.717) is 6.61 Å². The van der Waals surface area contributed by atoms with Crippen molar-refractivity contribution >= 4 is 6.08 Å². The highest BCUT2D eigenvalue weighted by atomic mass is 16.5. The molecule has 0 aliphatic rings. The molecule has 16 heavy (non-hydrogen) atoms. The molecule has 0 amide bonds. The Balaban J connectivity index is 3.04. The largest absolute Gasteiger partial charge is 0.494 e. The topological polar surface area (TPSA) is 56.8 Å². The third kappa shape index (κ3) is 2.87. The van der Waals surface area contributed by atoms with E-state index in [0.717, 1.165) is 16.9 Å². The first kappa shape index (κ1) is 11.8. The standard InChI is InChI=1S/C13H12N2O/c1-3-16-13-5-4-11(6-10(13)2)7-12(8-14)9-15/h4-7H,3H2,1-2H3. The smallest absolute Gasteiger partial charge is 0.130 e. The number of allylic oxidation sites excluding steroid dienone is 1. The second kappa shape index (κ2) is 5.58. The van der Waals surface area contributed by atoms with Gasteiger partial charge in [-0.15, -0.1) is 0 Å². The summed E-state index contributed by atoms with van der Waals surface area (Å²) >= 11 is 0. The molecule has 0 atom stereocenters. The van der Waals surface area contributed by atoms with Gasteiger partial charge in [0.1, 0.15) is 23.5 Å². The van der Waals surface area contributed by atoms with Crippen LogP contribution in [-0.2, 0) is 0 Å². The zero-order valence-corrected chi connectivity index (χ0v) is 9.32. The van der Waals surface area contributed by atoms with Gasteiger partial charge in [0.05, 0.1) is 6.61 Å². The average molecular weight is 212 g/mol. The summed E-state index contributed by atoms with van der Waals surface area (Å²) in [7, 11) is 0. The van der Waals surface area contributed by atoms with E-state index in [1.807, 2.05) is 44.2 Å².